The number of rotatable bonds is 10. The molecule has 196 valence electrons. The van der Waals surface area contributed by atoms with Gasteiger partial charge >= 0.3 is 0 Å². The summed E-state index contributed by atoms with van der Waals surface area (Å²) in [6.45, 7) is 8.87. The van der Waals surface area contributed by atoms with Crippen LogP contribution in [0.5, 0.6) is 0 Å². The maximum absolute atomic E-state index is 13.6. The van der Waals surface area contributed by atoms with Gasteiger partial charge in [-0.25, -0.2) is 0 Å². The van der Waals surface area contributed by atoms with Crippen molar-refractivity contribution in [1.82, 2.24) is 20.9 Å². The molecule has 3 aromatic rings. The number of aryl methyl sites for hydroxylation is 2. The first kappa shape index (κ1) is 26.5. The van der Waals surface area contributed by atoms with Gasteiger partial charge in [-0.1, -0.05) is 55.8 Å². The quantitative estimate of drug-likeness (QED) is 0.334. The van der Waals surface area contributed by atoms with Gasteiger partial charge in [0.05, 0.1) is 0 Å². The first-order valence-corrected chi connectivity index (χ1v) is 13.2. The van der Waals surface area contributed by atoms with Gasteiger partial charge in [0, 0.05) is 29.4 Å². The third-order valence-electron chi connectivity index (χ3n) is 7.15. The minimum Gasteiger partial charge on any atom is -0.356 e. The molecule has 37 heavy (non-hydrogen) atoms. The molecular formula is C30H38N4O3. The number of aromatic nitrogens is 1. The van der Waals surface area contributed by atoms with Crippen LogP contribution in [-0.4, -0.2) is 41.3 Å². The lowest BCUT2D eigenvalue weighted by Crippen LogP contribution is -2.51. The maximum Gasteiger partial charge on any atom is 0.268 e. The number of H-pyrrole nitrogens is 1. The number of carbonyl (C=O) groups excluding carboxylic acids is 3. The number of hydrogen-bond donors (Lipinski definition) is 4. The molecule has 1 saturated heterocycles. The molecule has 0 bridgehead atoms. The van der Waals surface area contributed by atoms with Gasteiger partial charge in [0.2, 0.25) is 11.8 Å². The van der Waals surface area contributed by atoms with Crippen LogP contribution in [0.2, 0.25) is 0 Å². The number of carbonyl (C=O) groups is 3. The molecule has 3 amide bonds. The van der Waals surface area contributed by atoms with Gasteiger partial charge in [-0.05, 0) is 68.7 Å². The number of fused-ring (bicyclic) bond motifs is 1. The fourth-order valence-electron chi connectivity index (χ4n) is 5.18. The van der Waals surface area contributed by atoms with Crippen LogP contribution >= 0.6 is 0 Å². The molecule has 1 aliphatic rings. The van der Waals surface area contributed by atoms with E-state index >= 15 is 0 Å². The molecule has 1 aromatic heterocycles. The Kier molecular flexibility index (Phi) is 8.31. The summed E-state index contributed by atoms with van der Waals surface area (Å²) in [7, 11) is 0. The van der Waals surface area contributed by atoms with E-state index in [0.29, 0.717) is 31.5 Å². The molecule has 0 unspecified atom stereocenters. The van der Waals surface area contributed by atoms with E-state index in [1.807, 2.05) is 38.1 Å². The number of aromatic amines is 1. The van der Waals surface area contributed by atoms with Crippen LogP contribution in [-0.2, 0) is 16.0 Å². The Morgan fingerprint density at radius 1 is 1.05 bits per heavy atom. The molecule has 2 aromatic carbocycles. The number of amides is 3. The van der Waals surface area contributed by atoms with Crippen LogP contribution in [0.15, 0.2) is 48.5 Å². The van der Waals surface area contributed by atoms with Crippen molar-refractivity contribution in [2.45, 2.75) is 65.5 Å². The van der Waals surface area contributed by atoms with Crippen molar-refractivity contribution in [1.29, 1.82) is 0 Å². The fourth-order valence-corrected chi connectivity index (χ4v) is 5.18. The Balaban J connectivity index is 1.51. The van der Waals surface area contributed by atoms with Crippen molar-refractivity contribution in [2.75, 3.05) is 6.54 Å². The first-order valence-electron chi connectivity index (χ1n) is 13.2. The highest BCUT2D eigenvalue weighted by molar-refractivity contribution is 6.00. The van der Waals surface area contributed by atoms with Crippen molar-refractivity contribution < 1.29 is 14.4 Å². The number of benzene rings is 2. The van der Waals surface area contributed by atoms with Crippen LogP contribution in [0.4, 0.5) is 0 Å². The van der Waals surface area contributed by atoms with Crippen molar-refractivity contribution in [3.8, 4) is 0 Å². The van der Waals surface area contributed by atoms with Gasteiger partial charge in [0.1, 0.15) is 11.7 Å². The average molecular weight is 503 g/mol. The normalized spacial score (nSPS) is 17.0. The predicted octanol–water partition coefficient (Wildman–Crippen LogP) is 4.18. The summed E-state index contributed by atoms with van der Waals surface area (Å²) in [4.78, 5) is 42.2. The van der Waals surface area contributed by atoms with E-state index in [1.165, 1.54) is 11.1 Å². The summed E-state index contributed by atoms with van der Waals surface area (Å²) in [6, 6.07) is 14.9. The van der Waals surface area contributed by atoms with Gasteiger partial charge in [0.15, 0.2) is 0 Å². The second-order valence-corrected chi connectivity index (χ2v) is 10.8. The zero-order chi connectivity index (χ0) is 26.5. The smallest absolute Gasteiger partial charge is 0.268 e. The van der Waals surface area contributed by atoms with E-state index in [-0.39, 0.29) is 35.6 Å². The van der Waals surface area contributed by atoms with Gasteiger partial charge in [-0.3, -0.25) is 14.4 Å². The average Bonchev–Trinajstić information content (AvgIpc) is 3.46. The third kappa shape index (κ3) is 6.79. The number of nitrogens with one attached hydrogen (secondary N) is 4. The zero-order valence-corrected chi connectivity index (χ0v) is 22.2. The van der Waals surface area contributed by atoms with Gasteiger partial charge in [-0.15, -0.1) is 0 Å². The minimum absolute atomic E-state index is 0.0470. The molecule has 3 atom stereocenters. The summed E-state index contributed by atoms with van der Waals surface area (Å²) in [5, 5.41) is 10.0. The minimum atomic E-state index is -0.682. The predicted molar refractivity (Wildman–Crippen MR) is 146 cm³/mol. The van der Waals surface area contributed by atoms with Gasteiger partial charge in [-0.2, -0.15) is 0 Å². The van der Waals surface area contributed by atoms with E-state index in [9.17, 15) is 14.4 Å². The van der Waals surface area contributed by atoms with Crippen LogP contribution in [0.1, 0.15) is 60.3 Å². The van der Waals surface area contributed by atoms with E-state index in [0.717, 1.165) is 22.9 Å². The summed E-state index contributed by atoms with van der Waals surface area (Å²) < 4.78 is 0. The second kappa shape index (κ2) is 11.6. The molecular weight excluding hydrogens is 464 g/mol. The third-order valence-corrected chi connectivity index (χ3v) is 7.15. The molecule has 4 rings (SSSR count). The molecule has 1 aliphatic heterocycles. The standard InChI is InChI=1S/C30H38N4O3/c1-18(2)13-26(34-30(37)27-17-22-7-5-6-8-25(22)33-27)29(36)32-24(16-23-11-12-31-28(23)35)15-21-10-9-19(3)14-20(21)4/h5-10,14,17-18,23-24,26,33H,11-13,15-16H2,1-4H3,(H,31,35)(H,32,36)(H,34,37)/t23-,24+,26-/m0/s1. The van der Waals surface area contributed by atoms with Crippen molar-refractivity contribution in [3.63, 3.8) is 0 Å². The van der Waals surface area contributed by atoms with E-state index in [2.05, 4.69) is 53.0 Å². The zero-order valence-electron chi connectivity index (χ0n) is 22.2. The highest BCUT2D eigenvalue weighted by Gasteiger charge is 2.30. The van der Waals surface area contributed by atoms with Crippen LogP contribution in [0, 0.1) is 25.7 Å². The first-order chi connectivity index (χ1) is 17.7. The molecule has 2 heterocycles. The van der Waals surface area contributed by atoms with E-state index in [1.54, 1.807) is 6.07 Å². The number of hydrogen-bond acceptors (Lipinski definition) is 3. The van der Waals surface area contributed by atoms with E-state index in [4.69, 9.17) is 0 Å². The summed E-state index contributed by atoms with van der Waals surface area (Å²) in [6.07, 6.45) is 2.48. The SMILES string of the molecule is Cc1ccc(C[C@H](C[C@@H]2CCNC2=O)NC(=O)[C@H](CC(C)C)NC(=O)c2cc3ccccc3[nH]2)c(C)c1. The molecule has 4 N–H and O–H groups in total. The monoisotopic (exact) mass is 502 g/mol. The maximum atomic E-state index is 13.6. The topological polar surface area (TPSA) is 103 Å². The Bertz CT molecular complexity index is 1250. The Labute approximate surface area is 218 Å². The highest BCUT2D eigenvalue weighted by Crippen LogP contribution is 2.21. The lowest BCUT2D eigenvalue weighted by molar-refractivity contribution is -0.126. The Hall–Kier alpha value is -3.61. The molecule has 0 radical (unpaired) electrons. The molecule has 0 saturated carbocycles. The van der Waals surface area contributed by atoms with Gasteiger partial charge in [0.25, 0.3) is 5.91 Å². The van der Waals surface area contributed by atoms with Crippen LogP contribution in [0.25, 0.3) is 10.9 Å². The van der Waals surface area contributed by atoms with E-state index < -0.39 is 6.04 Å². The Morgan fingerprint density at radius 3 is 2.51 bits per heavy atom. The largest absolute Gasteiger partial charge is 0.356 e. The van der Waals surface area contributed by atoms with Crippen molar-refractivity contribution in [2.24, 2.45) is 11.8 Å². The second-order valence-electron chi connectivity index (χ2n) is 10.8. The molecule has 7 heteroatoms. The lowest BCUT2D eigenvalue weighted by atomic mass is 9.91. The lowest BCUT2D eigenvalue weighted by Gasteiger charge is -2.26. The summed E-state index contributed by atoms with van der Waals surface area (Å²) in [5.74, 6) is -0.395. The summed E-state index contributed by atoms with van der Waals surface area (Å²) in [5.41, 5.74) is 4.81. The molecule has 7 nitrogen and oxygen atoms in total. The Morgan fingerprint density at radius 2 is 1.84 bits per heavy atom. The van der Waals surface area contributed by atoms with Crippen LogP contribution in [0.3, 0.4) is 0 Å². The van der Waals surface area contributed by atoms with Crippen LogP contribution < -0.4 is 16.0 Å². The van der Waals surface area contributed by atoms with Crippen molar-refractivity contribution in [3.05, 3.63) is 70.9 Å². The number of para-hydroxylation sites is 1. The molecule has 0 aliphatic carbocycles. The molecule has 0 spiro atoms. The fraction of sp³-hybridized carbons (Fsp3) is 0.433. The highest BCUT2D eigenvalue weighted by atomic mass is 16.2. The van der Waals surface area contributed by atoms with Gasteiger partial charge < -0.3 is 20.9 Å². The van der Waals surface area contributed by atoms with Crippen molar-refractivity contribution >= 4 is 28.6 Å². The molecule has 1 fully saturated rings. The summed E-state index contributed by atoms with van der Waals surface area (Å²) >= 11 is 0.